The summed E-state index contributed by atoms with van der Waals surface area (Å²) in [7, 11) is 0. The molecule has 0 aromatic rings. The molecule has 4 saturated carbocycles. The van der Waals surface area contributed by atoms with Gasteiger partial charge in [-0.25, -0.2) is 0 Å². The molecule has 0 N–H and O–H groups in total. The minimum atomic E-state index is -4.59. The van der Waals surface area contributed by atoms with Crippen LogP contribution in [0.2, 0.25) is 0 Å². The molecule has 0 heterocycles. The molecule has 7 nitrogen and oxygen atoms in total. The number of carbonyl (C=O) groups excluding carboxylic acids is 3. The number of aliphatic carboxylic acids is 1. The number of ketones is 1. The number of rotatable bonds is 7. The average Bonchev–Trinajstić information content (AvgIpc) is 2.88. The number of esters is 1. The maximum Gasteiger partial charge on any atom is 0.344 e. The summed E-state index contributed by atoms with van der Waals surface area (Å²) < 4.78 is 31.1. The number of carbonyl (C=O) groups is 3. The molecule has 4 fully saturated rings. The summed E-state index contributed by atoms with van der Waals surface area (Å²) in [5.41, 5.74) is -1.53. The fourth-order valence-corrected chi connectivity index (χ4v) is 6.48. The number of fused-ring (bicyclic) bond motifs is 2. The maximum atomic E-state index is 13.0. The number of hydrogen-bond acceptors (Lipinski definition) is 7. The predicted molar refractivity (Wildman–Crippen MR) is 78.6 cm³/mol. The molecule has 0 aromatic carbocycles. The van der Waals surface area contributed by atoms with Gasteiger partial charge in [-0.2, -0.15) is 13.7 Å². The Balaban J connectivity index is 1.41. The summed E-state index contributed by atoms with van der Waals surface area (Å²) >= 11 is 0. The first kappa shape index (κ1) is 17.5. The van der Waals surface area contributed by atoms with E-state index in [-0.39, 0.29) is 17.3 Å². The smallest absolute Gasteiger partial charge is 0.344 e. The van der Waals surface area contributed by atoms with E-state index in [9.17, 15) is 33.2 Å². The summed E-state index contributed by atoms with van der Waals surface area (Å²) in [6.45, 7) is -0.596. The van der Waals surface area contributed by atoms with Crippen molar-refractivity contribution in [1.29, 1.82) is 0 Å². The Labute approximate surface area is 147 Å². The first-order valence-corrected chi connectivity index (χ1v) is 8.75. The van der Waals surface area contributed by atoms with Crippen molar-refractivity contribution >= 4 is 17.7 Å². The highest BCUT2D eigenvalue weighted by atomic mass is 19.3. The first-order valence-electron chi connectivity index (χ1n) is 8.75. The summed E-state index contributed by atoms with van der Waals surface area (Å²) in [6.07, 6.45) is 3.11. The van der Waals surface area contributed by atoms with Gasteiger partial charge >= 0.3 is 11.9 Å². The van der Waals surface area contributed by atoms with Crippen molar-refractivity contribution in [1.82, 2.24) is 0 Å². The average molecular weight is 370 g/mol. The van der Waals surface area contributed by atoms with Gasteiger partial charge in [0.2, 0.25) is 5.78 Å². The van der Waals surface area contributed by atoms with E-state index in [0.29, 0.717) is 32.1 Å². The van der Waals surface area contributed by atoms with E-state index < -0.39 is 47.6 Å². The Bertz CT molecular complexity index is 722. The van der Waals surface area contributed by atoms with Gasteiger partial charge in [0.15, 0.2) is 0 Å². The molecule has 5 atom stereocenters. The van der Waals surface area contributed by atoms with Gasteiger partial charge in [-0.1, -0.05) is 5.18 Å². The largest absolute Gasteiger partial charge is 0.544 e. The molecule has 3 bridgehead atoms. The molecule has 26 heavy (non-hydrogen) atoms. The van der Waals surface area contributed by atoms with Crippen molar-refractivity contribution in [2.24, 2.45) is 27.8 Å². The lowest BCUT2D eigenvalue weighted by atomic mass is 9.51. The predicted octanol–water partition coefficient (Wildman–Crippen LogP) is 0.979. The fraction of sp³-hybridized carbons (Fsp3) is 0.824. The molecular formula is C17H18F2NO6-. The van der Waals surface area contributed by atoms with Gasteiger partial charge in [-0.3, -0.25) is 9.59 Å². The van der Waals surface area contributed by atoms with E-state index in [4.69, 9.17) is 4.74 Å². The van der Waals surface area contributed by atoms with Crippen LogP contribution in [0.4, 0.5) is 8.78 Å². The number of nitrogens with zero attached hydrogens (tertiary/aromatic N) is 1. The number of alkyl halides is 2. The summed E-state index contributed by atoms with van der Waals surface area (Å²) in [5.74, 6) is -9.26. The number of nitroso groups, excluding NO2 is 1. The highest BCUT2D eigenvalue weighted by Gasteiger charge is 2.80. The summed E-state index contributed by atoms with van der Waals surface area (Å²) in [4.78, 5) is 45.6. The van der Waals surface area contributed by atoms with Crippen LogP contribution in [0.3, 0.4) is 0 Å². The molecule has 9 heteroatoms. The monoisotopic (exact) mass is 370 g/mol. The molecule has 0 radical (unpaired) electrons. The number of Topliss-reactive ketones (excluding diaryl/α,β-unsaturated/α-hetero) is 1. The topological polar surface area (TPSA) is 113 Å². The van der Waals surface area contributed by atoms with Gasteiger partial charge in [0, 0.05) is 11.8 Å². The quantitative estimate of drug-likeness (QED) is 0.375. The third-order valence-electron chi connectivity index (χ3n) is 7.32. The van der Waals surface area contributed by atoms with Crippen molar-refractivity contribution in [3.63, 3.8) is 0 Å². The van der Waals surface area contributed by atoms with Gasteiger partial charge < -0.3 is 14.6 Å². The van der Waals surface area contributed by atoms with E-state index in [1.165, 1.54) is 0 Å². The van der Waals surface area contributed by atoms with Crippen molar-refractivity contribution in [2.75, 3.05) is 6.61 Å². The highest BCUT2D eigenvalue weighted by Crippen LogP contribution is 2.81. The van der Waals surface area contributed by atoms with Gasteiger partial charge in [-0.05, 0) is 50.4 Å². The molecule has 4 aliphatic rings. The summed E-state index contributed by atoms with van der Waals surface area (Å²) in [5, 5.41) is 13.7. The normalized spacial score (nSPS) is 42.1. The minimum absolute atomic E-state index is 0.227. The number of carboxylic acid groups (broad SMARTS) is 1. The highest BCUT2D eigenvalue weighted by molar-refractivity contribution is 6.03. The van der Waals surface area contributed by atoms with Crippen LogP contribution in [0.25, 0.3) is 0 Å². The first-order chi connectivity index (χ1) is 12.1. The number of carboxylic acids is 1. The lowest BCUT2D eigenvalue weighted by Gasteiger charge is -2.54. The van der Waals surface area contributed by atoms with Gasteiger partial charge in [-0.15, -0.1) is 0 Å². The van der Waals surface area contributed by atoms with Crippen molar-refractivity contribution in [3.8, 4) is 0 Å². The van der Waals surface area contributed by atoms with E-state index in [1.54, 1.807) is 0 Å². The lowest BCUT2D eigenvalue weighted by Crippen LogP contribution is -2.56. The summed E-state index contributed by atoms with van der Waals surface area (Å²) in [6, 6.07) is 0. The molecule has 0 aromatic heterocycles. The third kappa shape index (κ3) is 1.94. The Morgan fingerprint density at radius 3 is 2.54 bits per heavy atom. The molecule has 4 aliphatic carbocycles. The number of hydrogen-bond donors (Lipinski definition) is 0. The standard InChI is InChI=1S/C17H19F2NO6/c18-17(19,12(22)23)11(21)1-2-26-13(24)14-3-9-4-15(8-14)10(6-14)7-16(15,5-9)20-25/h9-10H,1-8H2,(H,22,23)/p-1. The molecule has 5 unspecified atom stereocenters. The van der Waals surface area contributed by atoms with Crippen molar-refractivity contribution < 1.29 is 33.0 Å². The van der Waals surface area contributed by atoms with Crippen LogP contribution in [0.5, 0.6) is 0 Å². The second-order valence-corrected chi connectivity index (χ2v) is 8.49. The molecule has 142 valence electrons. The fourth-order valence-electron chi connectivity index (χ4n) is 6.48. The van der Waals surface area contributed by atoms with Crippen LogP contribution in [0.15, 0.2) is 5.18 Å². The number of halogens is 2. The minimum Gasteiger partial charge on any atom is -0.544 e. The zero-order valence-corrected chi connectivity index (χ0v) is 14.0. The molecule has 0 aliphatic heterocycles. The number of ether oxygens (including phenoxy) is 1. The maximum absolute atomic E-state index is 13.0. The van der Waals surface area contributed by atoms with Gasteiger partial charge in [0.05, 0.1) is 12.0 Å². The van der Waals surface area contributed by atoms with Gasteiger partial charge in [0.25, 0.3) is 0 Å². The molecule has 4 rings (SSSR count). The van der Waals surface area contributed by atoms with Crippen LogP contribution in [-0.4, -0.2) is 35.8 Å². The zero-order valence-electron chi connectivity index (χ0n) is 14.0. The van der Waals surface area contributed by atoms with Crippen LogP contribution in [-0.2, 0) is 19.1 Å². The SMILES string of the molecule is O=NC12CC3CC4(C(=O)OCCC(=O)C(F)(F)C(=O)[O-])CC(C1)C2(C3)C4. The van der Waals surface area contributed by atoms with Crippen LogP contribution in [0, 0.1) is 27.6 Å². The Hall–Kier alpha value is -1.93. The van der Waals surface area contributed by atoms with Crippen molar-refractivity contribution in [3.05, 3.63) is 4.91 Å². The van der Waals surface area contributed by atoms with E-state index in [2.05, 4.69) is 5.18 Å². The Morgan fingerprint density at radius 2 is 1.88 bits per heavy atom. The van der Waals surface area contributed by atoms with Crippen LogP contribution < -0.4 is 5.11 Å². The second kappa shape index (κ2) is 5.07. The molecule has 1 spiro atoms. The molecular weight excluding hydrogens is 352 g/mol. The Kier molecular flexibility index (Phi) is 3.41. The van der Waals surface area contributed by atoms with E-state index in [0.717, 1.165) is 6.42 Å². The van der Waals surface area contributed by atoms with Crippen LogP contribution in [0.1, 0.15) is 44.9 Å². The molecule has 0 amide bonds. The zero-order chi connectivity index (χ0) is 19.0. The van der Waals surface area contributed by atoms with E-state index in [1.807, 2.05) is 0 Å². The molecule has 0 saturated heterocycles. The lowest BCUT2D eigenvalue weighted by molar-refractivity contribution is -0.325. The third-order valence-corrected chi connectivity index (χ3v) is 7.32. The van der Waals surface area contributed by atoms with Gasteiger partial charge in [0.1, 0.15) is 11.5 Å². The van der Waals surface area contributed by atoms with E-state index >= 15 is 0 Å². The Morgan fingerprint density at radius 1 is 1.15 bits per heavy atom. The second-order valence-electron chi connectivity index (χ2n) is 8.49. The van der Waals surface area contributed by atoms with Crippen LogP contribution >= 0.6 is 0 Å². The van der Waals surface area contributed by atoms with Crippen molar-refractivity contribution in [2.45, 2.75) is 56.4 Å².